The summed E-state index contributed by atoms with van der Waals surface area (Å²) in [4.78, 5) is 11.2. The van der Waals surface area contributed by atoms with Gasteiger partial charge in [0.2, 0.25) is 0 Å². The van der Waals surface area contributed by atoms with Gasteiger partial charge in [-0.15, -0.1) is 0 Å². The number of nitrogens with one attached hydrogen (secondary N) is 1. The van der Waals surface area contributed by atoms with Crippen LogP contribution < -0.4 is 5.32 Å². The summed E-state index contributed by atoms with van der Waals surface area (Å²) in [5.41, 5.74) is 1.36. The highest BCUT2D eigenvalue weighted by atomic mass is 19.1. The maximum Gasteiger partial charge on any atom is 0.151 e. The van der Waals surface area contributed by atoms with Crippen molar-refractivity contribution in [1.82, 2.24) is 5.32 Å². The zero-order chi connectivity index (χ0) is 10.7. The van der Waals surface area contributed by atoms with E-state index in [0.29, 0.717) is 5.56 Å². The normalized spacial score (nSPS) is 12.6. The fourth-order valence-corrected chi connectivity index (χ4v) is 1.45. The minimum Gasteiger partial charge on any atom is -0.307 e. The number of hydrogen-bond acceptors (Lipinski definition) is 2. The molecule has 1 atom stereocenters. The Kier molecular flexibility index (Phi) is 3.36. The van der Waals surface area contributed by atoms with Crippen molar-refractivity contribution in [3.05, 3.63) is 35.1 Å². The molecule has 0 saturated heterocycles. The summed E-state index contributed by atoms with van der Waals surface area (Å²) < 4.78 is 13.0. The highest BCUT2D eigenvalue weighted by Crippen LogP contribution is 2.17. The summed E-state index contributed by atoms with van der Waals surface area (Å²) >= 11 is 0. The molecule has 0 amide bonds. The van der Waals surface area contributed by atoms with Crippen LogP contribution in [0.2, 0.25) is 0 Å². The Morgan fingerprint density at radius 2 is 2.14 bits per heavy atom. The molecule has 0 spiro atoms. The molecule has 0 heterocycles. The Morgan fingerprint density at radius 3 is 2.57 bits per heavy atom. The number of benzene rings is 1. The van der Waals surface area contributed by atoms with Crippen LogP contribution >= 0.6 is 0 Å². The zero-order valence-corrected chi connectivity index (χ0v) is 8.60. The molecule has 1 rings (SSSR count). The summed E-state index contributed by atoms with van der Waals surface area (Å²) in [5.74, 6) is -0.217. The monoisotopic (exact) mass is 195 g/mol. The van der Waals surface area contributed by atoms with Crippen LogP contribution in [0.4, 0.5) is 4.39 Å². The van der Waals surface area contributed by atoms with Crippen LogP contribution in [-0.4, -0.2) is 12.8 Å². The van der Waals surface area contributed by atoms with Crippen molar-refractivity contribution >= 4 is 5.78 Å². The highest BCUT2D eigenvalue weighted by molar-refractivity contribution is 5.82. The fraction of sp³-hybridized carbons (Fsp3) is 0.364. The largest absolute Gasteiger partial charge is 0.307 e. The van der Waals surface area contributed by atoms with Crippen molar-refractivity contribution in [2.24, 2.45) is 0 Å². The lowest BCUT2D eigenvalue weighted by atomic mass is 10.0. The van der Waals surface area contributed by atoms with Crippen molar-refractivity contribution in [2.45, 2.75) is 19.9 Å². The van der Waals surface area contributed by atoms with E-state index in [4.69, 9.17) is 0 Å². The maximum atomic E-state index is 13.0. The van der Waals surface area contributed by atoms with Crippen LogP contribution in [0.15, 0.2) is 18.2 Å². The Morgan fingerprint density at radius 1 is 1.50 bits per heavy atom. The van der Waals surface area contributed by atoms with Gasteiger partial charge < -0.3 is 5.32 Å². The van der Waals surface area contributed by atoms with Gasteiger partial charge in [-0.3, -0.25) is 4.79 Å². The van der Waals surface area contributed by atoms with Crippen LogP contribution in [0.5, 0.6) is 0 Å². The zero-order valence-electron chi connectivity index (χ0n) is 8.60. The topological polar surface area (TPSA) is 29.1 Å². The quantitative estimate of drug-likeness (QED) is 0.799. The molecule has 0 aliphatic rings. The molecule has 0 aromatic heterocycles. The first-order valence-corrected chi connectivity index (χ1v) is 4.50. The van der Waals surface area contributed by atoms with E-state index in [1.54, 1.807) is 26.1 Å². The van der Waals surface area contributed by atoms with Crippen molar-refractivity contribution in [3.8, 4) is 0 Å². The molecule has 0 saturated carbocycles. The molecular formula is C11H14FNO. The lowest BCUT2D eigenvalue weighted by molar-refractivity contribution is -0.119. The van der Waals surface area contributed by atoms with Crippen LogP contribution in [-0.2, 0) is 4.79 Å². The van der Waals surface area contributed by atoms with Gasteiger partial charge in [-0.1, -0.05) is 12.1 Å². The smallest absolute Gasteiger partial charge is 0.151 e. The molecule has 0 aliphatic carbocycles. The Labute approximate surface area is 83.1 Å². The first-order chi connectivity index (χ1) is 6.56. The minimum atomic E-state index is -0.339. The van der Waals surface area contributed by atoms with Crippen molar-refractivity contribution in [3.63, 3.8) is 0 Å². The standard InChI is InChI=1S/C11H14FNO/c1-7-6-9(4-5-10(7)12)11(13-3)8(2)14/h4-6,11,13H,1-3H3. The van der Waals surface area contributed by atoms with Crippen molar-refractivity contribution in [2.75, 3.05) is 7.05 Å². The van der Waals surface area contributed by atoms with Gasteiger partial charge in [0.25, 0.3) is 0 Å². The molecule has 1 N–H and O–H groups in total. The molecule has 0 fully saturated rings. The van der Waals surface area contributed by atoms with Gasteiger partial charge in [-0.2, -0.15) is 0 Å². The van der Waals surface area contributed by atoms with Gasteiger partial charge in [-0.25, -0.2) is 4.39 Å². The van der Waals surface area contributed by atoms with Gasteiger partial charge in [-0.05, 0) is 38.1 Å². The summed E-state index contributed by atoms with van der Waals surface area (Å²) in [6.07, 6.45) is 0. The fourth-order valence-electron chi connectivity index (χ4n) is 1.45. The number of halogens is 1. The molecule has 1 aromatic rings. The van der Waals surface area contributed by atoms with Gasteiger partial charge in [0.05, 0.1) is 6.04 Å². The summed E-state index contributed by atoms with van der Waals surface area (Å²) in [6.45, 7) is 3.20. The summed E-state index contributed by atoms with van der Waals surface area (Å²) in [5, 5.41) is 2.89. The molecule has 1 aromatic carbocycles. The summed E-state index contributed by atoms with van der Waals surface area (Å²) in [6, 6.07) is 4.37. The van der Waals surface area contributed by atoms with E-state index in [1.807, 2.05) is 0 Å². The number of aryl methyl sites for hydroxylation is 1. The number of likely N-dealkylation sites (N-methyl/N-ethyl adjacent to an activating group) is 1. The lowest BCUT2D eigenvalue weighted by Gasteiger charge is -2.13. The van der Waals surface area contributed by atoms with Crippen LogP contribution in [0.3, 0.4) is 0 Å². The van der Waals surface area contributed by atoms with Gasteiger partial charge in [0.15, 0.2) is 5.78 Å². The highest BCUT2D eigenvalue weighted by Gasteiger charge is 2.14. The van der Waals surface area contributed by atoms with Crippen molar-refractivity contribution in [1.29, 1.82) is 0 Å². The molecule has 14 heavy (non-hydrogen) atoms. The van der Waals surface area contributed by atoms with Crippen LogP contribution in [0.25, 0.3) is 0 Å². The van der Waals surface area contributed by atoms with Gasteiger partial charge >= 0.3 is 0 Å². The number of hydrogen-bond donors (Lipinski definition) is 1. The number of carbonyl (C=O) groups excluding carboxylic acids is 1. The molecular weight excluding hydrogens is 181 g/mol. The van der Waals surface area contributed by atoms with E-state index in [1.165, 1.54) is 13.0 Å². The third-order valence-electron chi connectivity index (χ3n) is 2.21. The first-order valence-electron chi connectivity index (χ1n) is 4.50. The van der Waals surface area contributed by atoms with E-state index in [2.05, 4.69) is 5.32 Å². The predicted molar refractivity (Wildman–Crippen MR) is 53.6 cm³/mol. The Hall–Kier alpha value is -1.22. The molecule has 1 unspecified atom stereocenters. The number of carbonyl (C=O) groups is 1. The first kappa shape index (κ1) is 10.9. The predicted octanol–water partition coefficient (Wildman–Crippen LogP) is 1.98. The van der Waals surface area contributed by atoms with E-state index in [9.17, 15) is 9.18 Å². The second kappa shape index (κ2) is 4.33. The Bertz CT molecular complexity index is 349. The number of ketones is 1. The third kappa shape index (κ3) is 2.17. The average molecular weight is 195 g/mol. The van der Waals surface area contributed by atoms with Gasteiger partial charge in [0.1, 0.15) is 5.82 Å². The van der Waals surface area contributed by atoms with Crippen LogP contribution in [0, 0.1) is 12.7 Å². The molecule has 3 heteroatoms. The SMILES string of the molecule is CNC(C(C)=O)c1ccc(F)c(C)c1. The summed E-state index contributed by atoms with van der Waals surface area (Å²) in [7, 11) is 1.71. The molecule has 2 nitrogen and oxygen atoms in total. The van der Waals surface area contributed by atoms with Crippen LogP contribution in [0.1, 0.15) is 24.1 Å². The molecule has 0 bridgehead atoms. The Balaban J connectivity index is 3.06. The molecule has 0 aliphatic heterocycles. The third-order valence-corrected chi connectivity index (χ3v) is 2.21. The second-order valence-electron chi connectivity index (χ2n) is 3.34. The molecule has 76 valence electrons. The van der Waals surface area contributed by atoms with E-state index >= 15 is 0 Å². The second-order valence-corrected chi connectivity index (χ2v) is 3.34. The van der Waals surface area contributed by atoms with E-state index < -0.39 is 0 Å². The number of Topliss-reactive ketones (excluding diaryl/α,β-unsaturated/α-hetero) is 1. The van der Waals surface area contributed by atoms with E-state index in [0.717, 1.165) is 5.56 Å². The van der Waals surface area contributed by atoms with Crippen molar-refractivity contribution < 1.29 is 9.18 Å². The molecule has 0 radical (unpaired) electrons. The lowest BCUT2D eigenvalue weighted by Crippen LogP contribution is -2.23. The van der Waals surface area contributed by atoms with Gasteiger partial charge in [0, 0.05) is 0 Å². The average Bonchev–Trinajstić information content (AvgIpc) is 2.11. The minimum absolute atomic E-state index is 0.0264. The number of rotatable bonds is 3. The maximum absolute atomic E-state index is 13.0. The van der Waals surface area contributed by atoms with E-state index in [-0.39, 0.29) is 17.6 Å².